The maximum atomic E-state index is 12.6. The van der Waals surface area contributed by atoms with Gasteiger partial charge in [-0.25, -0.2) is 9.85 Å². The number of pyridine rings is 1. The molecule has 9 heteroatoms. The van der Waals surface area contributed by atoms with Gasteiger partial charge in [-0.2, -0.15) is 5.10 Å². The van der Waals surface area contributed by atoms with Gasteiger partial charge in [0.15, 0.2) is 5.88 Å². The number of hydrazone groups is 1. The van der Waals surface area contributed by atoms with Crippen LogP contribution in [0.25, 0.3) is 10.9 Å². The number of aliphatic hydroxyl groups excluding tert-OH is 2. The zero-order chi connectivity index (χ0) is 20.1. The number of rotatable bonds is 6. The molecule has 27 heavy (non-hydrogen) atoms. The van der Waals surface area contributed by atoms with Gasteiger partial charge in [0.1, 0.15) is 0 Å². The molecule has 2 rings (SSSR count). The zero-order valence-corrected chi connectivity index (χ0v) is 15.0. The summed E-state index contributed by atoms with van der Waals surface area (Å²) < 4.78 is 0.934. The summed E-state index contributed by atoms with van der Waals surface area (Å²) in [6.45, 7) is 9.79. The summed E-state index contributed by atoms with van der Waals surface area (Å²) in [7, 11) is 0. The summed E-state index contributed by atoms with van der Waals surface area (Å²) in [5.41, 5.74) is 0.681. The lowest BCUT2D eigenvalue weighted by Gasteiger charge is -2.12. The van der Waals surface area contributed by atoms with Crippen LogP contribution in [0.2, 0.25) is 0 Å². The summed E-state index contributed by atoms with van der Waals surface area (Å²) in [5, 5.41) is 33.3. The largest absolute Gasteiger partial charge is 0.503 e. The van der Waals surface area contributed by atoms with Crippen LogP contribution in [0, 0.1) is 13.5 Å². The molecule has 0 saturated carbocycles. The van der Waals surface area contributed by atoms with Crippen molar-refractivity contribution in [3.63, 3.8) is 0 Å². The van der Waals surface area contributed by atoms with E-state index >= 15 is 0 Å². The van der Waals surface area contributed by atoms with Crippen LogP contribution in [-0.2, 0) is 11.3 Å². The van der Waals surface area contributed by atoms with Gasteiger partial charge in [-0.3, -0.25) is 14.2 Å². The van der Waals surface area contributed by atoms with Crippen molar-refractivity contribution in [3.05, 3.63) is 50.6 Å². The third-order valence-corrected chi connectivity index (χ3v) is 4.10. The predicted molar refractivity (Wildman–Crippen MR) is 99.5 cm³/mol. The Kier molecular flexibility index (Phi) is 6.28. The Bertz CT molecular complexity index is 950. The number of aromatic hydroxyl groups is 1. The number of carbonyl (C=O) groups is 1. The van der Waals surface area contributed by atoms with Gasteiger partial charge in [0.05, 0.1) is 44.2 Å². The lowest BCUT2D eigenvalue weighted by molar-refractivity contribution is -0.126. The SMILES string of the molecule is [C-]#[N+]c1c(C)c(/C=C/C=C2\C(=O)N(CCO)N=C2C)c(=O)n(CCO)c1O. The Morgan fingerprint density at radius 3 is 2.44 bits per heavy atom. The van der Waals surface area contributed by atoms with E-state index < -0.39 is 11.4 Å². The molecule has 1 aliphatic rings. The van der Waals surface area contributed by atoms with Crippen LogP contribution in [-0.4, -0.2) is 56.3 Å². The molecule has 0 radical (unpaired) electrons. The Balaban J connectivity index is 2.45. The van der Waals surface area contributed by atoms with Gasteiger partial charge in [-0.15, -0.1) is 0 Å². The van der Waals surface area contributed by atoms with Crippen LogP contribution in [0.15, 0.2) is 27.6 Å². The average molecular weight is 372 g/mol. The molecule has 1 amide bonds. The van der Waals surface area contributed by atoms with E-state index in [-0.39, 0.29) is 43.5 Å². The van der Waals surface area contributed by atoms with Gasteiger partial charge in [-0.1, -0.05) is 12.2 Å². The van der Waals surface area contributed by atoms with Gasteiger partial charge in [0.2, 0.25) is 5.69 Å². The number of allylic oxidation sites excluding steroid dienone is 2. The smallest absolute Gasteiger partial charge is 0.275 e. The molecule has 0 saturated heterocycles. The van der Waals surface area contributed by atoms with Crippen LogP contribution in [0.4, 0.5) is 5.69 Å². The van der Waals surface area contributed by atoms with Crippen LogP contribution >= 0.6 is 0 Å². The first kappa shape index (κ1) is 20.1. The van der Waals surface area contributed by atoms with E-state index in [1.54, 1.807) is 13.8 Å². The highest BCUT2D eigenvalue weighted by atomic mass is 16.3. The number of nitrogens with zero attached hydrogens (tertiary/aromatic N) is 4. The monoisotopic (exact) mass is 372 g/mol. The molecule has 1 aromatic rings. The zero-order valence-electron chi connectivity index (χ0n) is 15.0. The minimum absolute atomic E-state index is 0.0702. The summed E-state index contributed by atoms with van der Waals surface area (Å²) in [6, 6.07) is 0. The molecular formula is C18H20N4O5. The van der Waals surface area contributed by atoms with Crippen LogP contribution < -0.4 is 5.56 Å². The lowest BCUT2D eigenvalue weighted by Crippen LogP contribution is -2.25. The summed E-state index contributed by atoms with van der Waals surface area (Å²) in [5.74, 6) is -0.834. The van der Waals surface area contributed by atoms with Crippen molar-refractivity contribution < 1.29 is 20.1 Å². The fraction of sp³-hybridized carbons (Fsp3) is 0.333. The van der Waals surface area contributed by atoms with Crippen molar-refractivity contribution in [2.45, 2.75) is 20.4 Å². The molecule has 9 nitrogen and oxygen atoms in total. The maximum Gasteiger partial charge on any atom is 0.275 e. The molecule has 1 aliphatic heterocycles. The van der Waals surface area contributed by atoms with Gasteiger partial charge < -0.3 is 15.3 Å². The van der Waals surface area contributed by atoms with E-state index in [0.29, 0.717) is 16.8 Å². The third kappa shape index (κ3) is 3.81. The number of β-amino-alcohol motifs (C(OH)–C–C–N with tert-alkyl or cyclic N) is 1. The van der Waals surface area contributed by atoms with E-state index in [2.05, 4.69) is 9.95 Å². The van der Waals surface area contributed by atoms with Crippen molar-refractivity contribution in [3.8, 4) is 5.88 Å². The fourth-order valence-corrected chi connectivity index (χ4v) is 2.72. The van der Waals surface area contributed by atoms with Crippen LogP contribution in [0.5, 0.6) is 5.88 Å². The molecule has 0 aliphatic carbocycles. The lowest BCUT2D eigenvalue weighted by atomic mass is 10.1. The molecule has 1 aromatic heterocycles. The maximum absolute atomic E-state index is 12.6. The molecular weight excluding hydrogens is 352 g/mol. The first-order valence-electron chi connectivity index (χ1n) is 8.18. The standard InChI is InChI=1S/C18H20N4O5/c1-11-13(16(25)21(7-9-23)18(27)15(11)19-3)5-4-6-14-12(2)20-22(8-10-24)17(14)26/h4-6,23-24,27H,7-10H2,1-2H3/b5-4+,14-6-. The molecule has 0 fully saturated rings. The van der Waals surface area contributed by atoms with E-state index in [1.165, 1.54) is 18.2 Å². The Morgan fingerprint density at radius 2 is 1.85 bits per heavy atom. The first-order chi connectivity index (χ1) is 12.9. The number of aliphatic hydroxyl groups is 2. The molecule has 3 N–H and O–H groups in total. The van der Waals surface area contributed by atoms with Gasteiger partial charge >= 0.3 is 0 Å². The number of carbonyl (C=O) groups excluding carboxylic acids is 1. The van der Waals surface area contributed by atoms with Crippen molar-refractivity contribution in [1.29, 1.82) is 0 Å². The normalized spacial score (nSPS) is 15.7. The minimum atomic E-state index is -0.550. The summed E-state index contributed by atoms with van der Waals surface area (Å²) in [4.78, 5) is 28.0. The van der Waals surface area contributed by atoms with E-state index in [1.807, 2.05) is 0 Å². The molecule has 2 heterocycles. The van der Waals surface area contributed by atoms with Crippen molar-refractivity contribution >= 4 is 23.4 Å². The number of aromatic nitrogens is 1. The number of hydrogen-bond donors (Lipinski definition) is 3. The van der Waals surface area contributed by atoms with E-state index in [9.17, 15) is 14.7 Å². The highest BCUT2D eigenvalue weighted by Gasteiger charge is 2.26. The highest BCUT2D eigenvalue weighted by Crippen LogP contribution is 2.31. The van der Waals surface area contributed by atoms with Crippen LogP contribution in [0.1, 0.15) is 18.1 Å². The van der Waals surface area contributed by atoms with Crippen LogP contribution in [0.3, 0.4) is 0 Å². The second-order valence-electron chi connectivity index (χ2n) is 5.78. The second-order valence-corrected chi connectivity index (χ2v) is 5.78. The van der Waals surface area contributed by atoms with Gasteiger partial charge in [0, 0.05) is 5.56 Å². The van der Waals surface area contributed by atoms with Gasteiger partial charge in [0.25, 0.3) is 11.5 Å². The third-order valence-electron chi connectivity index (χ3n) is 4.10. The fourth-order valence-electron chi connectivity index (χ4n) is 2.72. The Labute approximate surface area is 155 Å². The molecule has 142 valence electrons. The van der Waals surface area contributed by atoms with Crippen molar-refractivity contribution in [2.75, 3.05) is 19.8 Å². The van der Waals surface area contributed by atoms with Crippen molar-refractivity contribution in [1.82, 2.24) is 9.58 Å². The minimum Gasteiger partial charge on any atom is -0.503 e. The number of amides is 1. The summed E-state index contributed by atoms with van der Waals surface area (Å²) >= 11 is 0. The predicted octanol–water partition coefficient (Wildman–Crippen LogP) is 0.555. The second kappa shape index (κ2) is 8.44. The van der Waals surface area contributed by atoms with Crippen molar-refractivity contribution in [2.24, 2.45) is 5.10 Å². The Hall–Kier alpha value is -3.22. The Morgan fingerprint density at radius 1 is 1.19 bits per heavy atom. The van der Waals surface area contributed by atoms with E-state index in [0.717, 1.165) is 9.58 Å². The quantitative estimate of drug-likeness (QED) is 0.498. The highest BCUT2D eigenvalue weighted by molar-refractivity contribution is 6.24. The van der Waals surface area contributed by atoms with E-state index in [4.69, 9.17) is 16.8 Å². The molecule has 0 aromatic carbocycles. The average Bonchev–Trinajstić information content (AvgIpc) is 2.89. The van der Waals surface area contributed by atoms with Gasteiger partial charge in [-0.05, 0) is 25.5 Å². The summed E-state index contributed by atoms with van der Waals surface area (Å²) in [6.07, 6.45) is 4.44. The number of hydrogen-bond acceptors (Lipinski definition) is 6. The topological polar surface area (TPSA) is 120 Å². The molecule has 0 bridgehead atoms. The molecule has 0 atom stereocenters. The first-order valence-corrected chi connectivity index (χ1v) is 8.18. The molecule has 0 spiro atoms. The molecule has 0 unspecified atom stereocenters.